The first-order chi connectivity index (χ1) is 21.7. The van der Waals surface area contributed by atoms with Gasteiger partial charge in [-0.05, 0) is 85.1 Å². The Morgan fingerprint density at radius 2 is 1.71 bits per heavy atom. The van der Waals surface area contributed by atoms with Gasteiger partial charge in [0.15, 0.2) is 5.69 Å². The van der Waals surface area contributed by atoms with E-state index < -0.39 is 23.8 Å². The van der Waals surface area contributed by atoms with Gasteiger partial charge in [-0.15, -0.1) is 0 Å². The molecule has 0 aliphatic heterocycles. The molecular formula is C35H39N5O4S. The second-order valence-electron chi connectivity index (χ2n) is 11.6. The molecule has 1 unspecified atom stereocenters. The summed E-state index contributed by atoms with van der Waals surface area (Å²) in [4.78, 5) is 43.4. The number of amides is 3. The summed E-state index contributed by atoms with van der Waals surface area (Å²) in [6, 6.07) is 20.7. The molecule has 4 aromatic rings. The first-order valence-electron chi connectivity index (χ1n) is 15.3. The number of hydrogen-bond donors (Lipinski definition) is 4. The van der Waals surface area contributed by atoms with Gasteiger partial charge >= 0.3 is 0 Å². The molecule has 45 heavy (non-hydrogen) atoms. The number of benzene rings is 3. The molecule has 0 saturated heterocycles. The van der Waals surface area contributed by atoms with Crippen LogP contribution in [0.25, 0.3) is 0 Å². The molecule has 0 bridgehead atoms. The van der Waals surface area contributed by atoms with Crippen molar-refractivity contribution in [1.82, 2.24) is 15.0 Å². The van der Waals surface area contributed by atoms with Crippen molar-refractivity contribution in [3.8, 4) is 5.75 Å². The van der Waals surface area contributed by atoms with Gasteiger partial charge in [0.05, 0.1) is 5.69 Å². The number of nitrogens with two attached hydrogens (primary N) is 1. The van der Waals surface area contributed by atoms with Crippen LogP contribution in [0.2, 0.25) is 0 Å². The van der Waals surface area contributed by atoms with Crippen molar-refractivity contribution in [3.63, 3.8) is 0 Å². The van der Waals surface area contributed by atoms with Crippen molar-refractivity contribution < 1.29 is 19.5 Å². The van der Waals surface area contributed by atoms with Crippen LogP contribution in [0.15, 0.2) is 72.8 Å². The third-order valence-corrected chi connectivity index (χ3v) is 9.04. The molecule has 5 rings (SSSR count). The van der Waals surface area contributed by atoms with Gasteiger partial charge in [-0.2, -0.15) is 4.37 Å². The van der Waals surface area contributed by atoms with Crippen molar-refractivity contribution in [2.45, 2.75) is 64.5 Å². The van der Waals surface area contributed by atoms with E-state index in [9.17, 15) is 19.5 Å². The Bertz CT molecular complexity index is 1650. The van der Waals surface area contributed by atoms with E-state index in [2.05, 4.69) is 15.0 Å². The second kappa shape index (κ2) is 14.4. The zero-order valence-electron chi connectivity index (χ0n) is 25.6. The van der Waals surface area contributed by atoms with Crippen molar-refractivity contribution in [2.24, 2.45) is 0 Å². The quantitative estimate of drug-likeness (QED) is 0.174. The number of aromatic hydroxyl groups is 1. The van der Waals surface area contributed by atoms with Gasteiger partial charge in [0.1, 0.15) is 16.7 Å². The Morgan fingerprint density at radius 1 is 1.00 bits per heavy atom. The van der Waals surface area contributed by atoms with Crippen LogP contribution < -0.4 is 21.3 Å². The number of carbonyl (C=O) groups excluding carboxylic acids is 3. The van der Waals surface area contributed by atoms with Gasteiger partial charge in [0.2, 0.25) is 5.91 Å². The highest BCUT2D eigenvalue weighted by Crippen LogP contribution is 2.36. The molecule has 1 atom stereocenters. The summed E-state index contributed by atoms with van der Waals surface area (Å²) in [5.41, 5.74) is 10.2. The van der Waals surface area contributed by atoms with E-state index in [0.717, 1.165) is 60.3 Å². The lowest BCUT2D eigenvalue weighted by Gasteiger charge is -2.32. The van der Waals surface area contributed by atoms with E-state index in [1.54, 1.807) is 12.1 Å². The molecule has 3 aromatic carbocycles. The first-order valence-corrected chi connectivity index (χ1v) is 16.1. The lowest BCUT2D eigenvalue weighted by Crippen LogP contribution is -2.45. The molecule has 10 heteroatoms. The molecule has 1 fully saturated rings. The van der Waals surface area contributed by atoms with Crippen LogP contribution in [0.4, 0.5) is 11.4 Å². The Balaban J connectivity index is 1.52. The maximum Gasteiger partial charge on any atom is 0.273 e. The number of nitrogen functional groups attached to an aromatic ring is 1. The van der Waals surface area contributed by atoms with Crippen LogP contribution in [0, 0.1) is 13.8 Å². The molecule has 234 valence electrons. The molecular weight excluding hydrogens is 586 g/mol. The average molecular weight is 626 g/mol. The molecule has 5 N–H and O–H groups in total. The number of carbonyl (C=O) groups is 3. The summed E-state index contributed by atoms with van der Waals surface area (Å²) in [5.74, 6) is -1.32. The van der Waals surface area contributed by atoms with Crippen LogP contribution >= 0.6 is 11.5 Å². The molecule has 1 aromatic heterocycles. The van der Waals surface area contributed by atoms with Crippen molar-refractivity contribution in [3.05, 3.63) is 106 Å². The van der Waals surface area contributed by atoms with Crippen LogP contribution in [-0.2, 0) is 11.2 Å². The lowest BCUT2D eigenvalue weighted by atomic mass is 9.95. The van der Waals surface area contributed by atoms with Gasteiger partial charge in [0.25, 0.3) is 11.8 Å². The molecule has 0 spiro atoms. The molecule has 1 aliphatic carbocycles. The van der Waals surface area contributed by atoms with Crippen molar-refractivity contribution in [2.75, 3.05) is 17.2 Å². The number of hydrogen-bond acceptors (Lipinski definition) is 7. The van der Waals surface area contributed by atoms with E-state index in [1.165, 1.54) is 17.0 Å². The SMILES string of the molecule is Cc1ccc(C)c(N(C(=O)c2snc(C(=O)NC3CCCCC3)c2N)C(C(=O)NCCc2ccccc2)c2ccc(O)cc2)c1. The van der Waals surface area contributed by atoms with Crippen LogP contribution in [0.3, 0.4) is 0 Å². The molecule has 1 saturated carbocycles. The Kier molecular flexibility index (Phi) is 10.1. The Morgan fingerprint density at radius 3 is 2.42 bits per heavy atom. The zero-order valence-corrected chi connectivity index (χ0v) is 26.4. The Hall–Kier alpha value is -4.70. The van der Waals surface area contributed by atoms with E-state index in [4.69, 9.17) is 5.73 Å². The third-order valence-electron chi connectivity index (χ3n) is 8.19. The number of anilines is 2. The third kappa shape index (κ3) is 7.51. The number of nitrogens with one attached hydrogen (secondary N) is 2. The van der Waals surface area contributed by atoms with E-state index in [0.29, 0.717) is 24.2 Å². The standard InChI is InChI=1S/C35H39N5O4S/c1-22-13-14-23(2)28(21-22)40(35(44)32-29(36)30(39-45-32)33(42)38-26-11-7-4-8-12-26)31(25-15-17-27(41)18-16-25)34(43)37-20-19-24-9-5-3-6-10-24/h3,5-6,9-10,13-18,21,26,31,41H,4,7-8,11-12,19-20,36H2,1-2H3,(H,37,43)(H,38,42). The molecule has 1 heterocycles. The summed E-state index contributed by atoms with van der Waals surface area (Å²) >= 11 is 0.851. The monoisotopic (exact) mass is 625 g/mol. The summed E-state index contributed by atoms with van der Waals surface area (Å²) in [6.45, 7) is 4.13. The van der Waals surface area contributed by atoms with Gasteiger partial charge in [0, 0.05) is 18.3 Å². The number of phenolic OH excluding ortho intramolecular Hbond substituents is 1. The average Bonchev–Trinajstić information content (AvgIpc) is 3.43. The number of nitrogens with zero attached hydrogens (tertiary/aromatic N) is 2. The molecule has 9 nitrogen and oxygen atoms in total. The van der Waals surface area contributed by atoms with E-state index in [1.807, 2.05) is 62.4 Å². The van der Waals surface area contributed by atoms with Gasteiger partial charge in [-0.1, -0.05) is 73.9 Å². The largest absolute Gasteiger partial charge is 0.508 e. The van der Waals surface area contributed by atoms with Crippen molar-refractivity contribution >= 4 is 40.6 Å². The highest BCUT2D eigenvalue weighted by molar-refractivity contribution is 7.09. The number of phenols is 1. The fourth-order valence-electron chi connectivity index (χ4n) is 5.72. The van der Waals surface area contributed by atoms with E-state index >= 15 is 0 Å². The topological polar surface area (TPSA) is 138 Å². The smallest absolute Gasteiger partial charge is 0.273 e. The maximum atomic E-state index is 14.6. The maximum absolute atomic E-state index is 14.6. The van der Waals surface area contributed by atoms with E-state index in [-0.39, 0.29) is 28.0 Å². The summed E-state index contributed by atoms with van der Waals surface area (Å²) < 4.78 is 4.31. The minimum atomic E-state index is -1.12. The second-order valence-corrected chi connectivity index (χ2v) is 12.3. The summed E-state index contributed by atoms with van der Waals surface area (Å²) in [5, 5.41) is 16.1. The predicted molar refractivity (Wildman–Crippen MR) is 178 cm³/mol. The minimum absolute atomic E-state index is 0.0115. The van der Waals surface area contributed by atoms with Crippen LogP contribution in [0.5, 0.6) is 5.75 Å². The van der Waals surface area contributed by atoms with Gasteiger partial charge < -0.3 is 21.5 Å². The lowest BCUT2D eigenvalue weighted by molar-refractivity contribution is -0.122. The first kappa shape index (κ1) is 31.7. The highest BCUT2D eigenvalue weighted by Gasteiger charge is 2.37. The Labute approximate surface area is 267 Å². The highest BCUT2D eigenvalue weighted by atomic mass is 32.1. The molecule has 1 aliphatic rings. The number of aromatic nitrogens is 1. The normalized spacial score (nSPS) is 14.0. The molecule has 3 amide bonds. The zero-order chi connectivity index (χ0) is 31.9. The summed E-state index contributed by atoms with van der Waals surface area (Å²) in [6.07, 6.45) is 5.66. The fourth-order valence-corrected chi connectivity index (χ4v) is 6.45. The van der Waals surface area contributed by atoms with Crippen molar-refractivity contribution in [1.29, 1.82) is 0 Å². The minimum Gasteiger partial charge on any atom is -0.508 e. The number of rotatable bonds is 10. The van der Waals surface area contributed by atoms with Gasteiger partial charge in [-0.25, -0.2) is 0 Å². The van der Waals surface area contributed by atoms with Gasteiger partial charge in [-0.3, -0.25) is 19.3 Å². The van der Waals surface area contributed by atoms with Crippen LogP contribution in [0.1, 0.15) is 80.6 Å². The number of aryl methyl sites for hydroxylation is 2. The molecule has 0 radical (unpaired) electrons. The van der Waals surface area contributed by atoms with Crippen LogP contribution in [-0.4, -0.2) is 39.8 Å². The predicted octanol–water partition coefficient (Wildman–Crippen LogP) is 5.86. The summed E-state index contributed by atoms with van der Waals surface area (Å²) in [7, 11) is 0. The fraction of sp³-hybridized carbons (Fsp3) is 0.314.